The fraction of sp³-hybridized carbons (Fsp3) is 0.882. The van der Waals surface area contributed by atoms with Crippen LogP contribution in [0.2, 0.25) is 0 Å². The summed E-state index contributed by atoms with van der Waals surface area (Å²) >= 11 is 0. The van der Waals surface area contributed by atoms with E-state index < -0.39 is 12.0 Å². The van der Waals surface area contributed by atoms with Crippen molar-refractivity contribution < 1.29 is 24.0 Å². The topological polar surface area (TPSA) is 95.7 Å². The Kier molecular flexibility index (Phi) is 13.9. The average molecular weight is 345 g/mol. The highest BCUT2D eigenvalue weighted by Crippen LogP contribution is 2.15. The monoisotopic (exact) mass is 345 g/mol. The van der Waals surface area contributed by atoms with Crippen molar-refractivity contribution in [1.82, 2.24) is 0 Å². The van der Waals surface area contributed by atoms with E-state index in [2.05, 4.69) is 9.47 Å². The first-order valence-corrected chi connectivity index (χ1v) is 8.78. The summed E-state index contributed by atoms with van der Waals surface area (Å²) in [5.74, 6) is -0.545. The molecule has 1 atom stereocenters. The molecule has 1 unspecified atom stereocenters. The first-order chi connectivity index (χ1) is 11.5. The fourth-order valence-electron chi connectivity index (χ4n) is 2.55. The smallest absolute Gasteiger partial charge is 0.305 e. The van der Waals surface area contributed by atoms with Gasteiger partial charge in [-0.2, -0.15) is 0 Å². The van der Waals surface area contributed by atoms with Gasteiger partial charge in [-0.1, -0.05) is 38.5 Å². The summed E-state index contributed by atoms with van der Waals surface area (Å²) in [5.41, 5.74) is 0. The number of ether oxygens (including phenoxy) is 2. The van der Waals surface area contributed by atoms with Crippen molar-refractivity contribution in [3.63, 3.8) is 0 Å². The Morgan fingerprint density at radius 3 is 1.75 bits per heavy atom. The largest absolute Gasteiger partial charge is 0.469 e. The van der Waals surface area contributed by atoms with Crippen LogP contribution in [0.5, 0.6) is 0 Å². The molecule has 0 fully saturated rings. The Bertz CT molecular complexity index is 372. The highest BCUT2D eigenvalue weighted by Gasteiger charge is 2.20. The fourth-order valence-corrected chi connectivity index (χ4v) is 2.55. The number of nitro groups is 1. The SMILES string of the molecule is COC(=O)CCCCCCCCCCC(CCC(=O)OC)[N+](=O)[O-]. The summed E-state index contributed by atoms with van der Waals surface area (Å²) in [7, 11) is 2.69. The normalized spacial score (nSPS) is 11.8. The summed E-state index contributed by atoms with van der Waals surface area (Å²) in [6.07, 6.45) is 9.47. The zero-order valence-electron chi connectivity index (χ0n) is 15.0. The molecule has 0 rings (SSSR count). The van der Waals surface area contributed by atoms with Crippen LogP contribution in [0.3, 0.4) is 0 Å². The minimum atomic E-state index is -0.651. The molecule has 0 amide bonds. The van der Waals surface area contributed by atoms with Crippen LogP contribution >= 0.6 is 0 Å². The van der Waals surface area contributed by atoms with Gasteiger partial charge in [-0.05, 0) is 12.8 Å². The van der Waals surface area contributed by atoms with Gasteiger partial charge in [0.15, 0.2) is 0 Å². The van der Waals surface area contributed by atoms with Gasteiger partial charge in [0.2, 0.25) is 6.04 Å². The highest BCUT2D eigenvalue weighted by molar-refractivity contribution is 5.69. The number of rotatable bonds is 15. The Hall–Kier alpha value is -1.66. The maximum Gasteiger partial charge on any atom is 0.305 e. The second kappa shape index (κ2) is 14.9. The molecule has 7 heteroatoms. The number of nitrogens with zero attached hydrogens (tertiary/aromatic N) is 1. The van der Waals surface area contributed by atoms with Crippen molar-refractivity contribution in [2.75, 3.05) is 14.2 Å². The summed E-state index contributed by atoms with van der Waals surface area (Å²) in [5, 5.41) is 11.0. The minimum absolute atomic E-state index is 0.105. The number of carbonyl (C=O) groups excluding carboxylic acids is 2. The van der Waals surface area contributed by atoms with E-state index in [1.807, 2.05) is 0 Å². The number of esters is 2. The quantitative estimate of drug-likeness (QED) is 0.194. The molecule has 0 aliphatic carbocycles. The predicted octanol–water partition coefficient (Wildman–Crippen LogP) is 3.66. The van der Waals surface area contributed by atoms with Crippen LogP contribution in [0.15, 0.2) is 0 Å². The molecule has 0 saturated carbocycles. The third-order valence-corrected chi connectivity index (χ3v) is 4.10. The lowest BCUT2D eigenvalue weighted by Gasteiger charge is -2.08. The average Bonchev–Trinajstić information content (AvgIpc) is 2.57. The van der Waals surface area contributed by atoms with Gasteiger partial charge in [-0.25, -0.2) is 0 Å². The lowest BCUT2D eigenvalue weighted by molar-refractivity contribution is -0.524. The summed E-state index contributed by atoms with van der Waals surface area (Å²) in [6, 6.07) is -0.651. The number of unbranched alkanes of at least 4 members (excludes halogenated alkanes) is 7. The van der Waals surface area contributed by atoms with E-state index in [4.69, 9.17) is 0 Å². The van der Waals surface area contributed by atoms with E-state index in [1.165, 1.54) is 14.2 Å². The molecule has 7 nitrogen and oxygen atoms in total. The lowest BCUT2D eigenvalue weighted by Crippen LogP contribution is -2.21. The van der Waals surface area contributed by atoms with Crippen molar-refractivity contribution >= 4 is 11.9 Å². The summed E-state index contributed by atoms with van der Waals surface area (Å²) in [4.78, 5) is 32.6. The first-order valence-electron chi connectivity index (χ1n) is 8.78. The van der Waals surface area contributed by atoms with Crippen LogP contribution in [-0.2, 0) is 19.1 Å². The third kappa shape index (κ3) is 12.8. The molecule has 0 radical (unpaired) electrons. The van der Waals surface area contributed by atoms with Gasteiger partial charge in [0.25, 0.3) is 0 Å². The maximum atomic E-state index is 11.0. The second-order valence-electron chi connectivity index (χ2n) is 6.00. The molecule has 0 aromatic carbocycles. The molecule has 0 spiro atoms. The van der Waals surface area contributed by atoms with E-state index in [0.717, 1.165) is 51.4 Å². The van der Waals surface area contributed by atoms with Crippen molar-refractivity contribution in [3.8, 4) is 0 Å². The first kappa shape index (κ1) is 22.3. The Labute approximate surface area is 144 Å². The summed E-state index contributed by atoms with van der Waals surface area (Å²) < 4.78 is 9.09. The molecule has 0 bridgehead atoms. The van der Waals surface area contributed by atoms with Crippen LogP contribution in [-0.4, -0.2) is 37.1 Å². The molecule has 0 aromatic rings. The molecule has 0 aromatic heterocycles. The Balaban J connectivity index is 3.53. The van der Waals surface area contributed by atoms with Gasteiger partial charge in [0.1, 0.15) is 0 Å². The van der Waals surface area contributed by atoms with Crippen molar-refractivity contribution in [2.45, 2.75) is 83.1 Å². The predicted molar refractivity (Wildman–Crippen MR) is 90.2 cm³/mol. The van der Waals surface area contributed by atoms with Gasteiger partial charge in [0.05, 0.1) is 20.6 Å². The zero-order valence-corrected chi connectivity index (χ0v) is 15.0. The molecular weight excluding hydrogens is 314 g/mol. The highest BCUT2D eigenvalue weighted by atomic mass is 16.6. The van der Waals surface area contributed by atoms with E-state index in [9.17, 15) is 19.7 Å². The van der Waals surface area contributed by atoms with Crippen molar-refractivity contribution in [1.29, 1.82) is 0 Å². The molecule has 24 heavy (non-hydrogen) atoms. The van der Waals surface area contributed by atoms with Gasteiger partial charge >= 0.3 is 11.9 Å². The van der Waals surface area contributed by atoms with Crippen molar-refractivity contribution in [2.24, 2.45) is 0 Å². The number of hydrogen-bond acceptors (Lipinski definition) is 6. The maximum absolute atomic E-state index is 11.0. The molecule has 140 valence electrons. The van der Waals surface area contributed by atoms with Crippen LogP contribution in [0, 0.1) is 10.1 Å². The molecule has 0 saturated heterocycles. The van der Waals surface area contributed by atoms with Crippen LogP contribution in [0.25, 0.3) is 0 Å². The third-order valence-electron chi connectivity index (χ3n) is 4.10. The van der Waals surface area contributed by atoms with E-state index in [1.54, 1.807) is 0 Å². The Morgan fingerprint density at radius 2 is 1.25 bits per heavy atom. The molecule has 0 N–H and O–H groups in total. The second-order valence-corrected chi connectivity index (χ2v) is 6.00. The van der Waals surface area contributed by atoms with Gasteiger partial charge < -0.3 is 9.47 Å². The van der Waals surface area contributed by atoms with Crippen LogP contribution in [0.1, 0.15) is 77.0 Å². The molecule has 0 aliphatic heterocycles. The molecular formula is C17H31NO6. The van der Waals surface area contributed by atoms with Crippen LogP contribution < -0.4 is 0 Å². The molecule has 0 aliphatic rings. The van der Waals surface area contributed by atoms with Gasteiger partial charge in [0, 0.05) is 24.2 Å². The minimum Gasteiger partial charge on any atom is -0.469 e. The Morgan fingerprint density at radius 1 is 0.792 bits per heavy atom. The number of carbonyl (C=O) groups is 2. The number of methoxy groups -OCH3 is 2. The van der Waals surface area contributed by atoms with Gasteiger partial charge in [-0.3, -0.25) is 19.7 Å². The molecule has 0 heterocycles. The van der Waals surface area contributed by atoms with E-state index in [0.29, 0.717) is 12.8 Å². The standard InChI is InChI=1S/C17H31NO6/c1-23-16(19)12-10-8-6-4-3-5-7-9-11-15(18(21)22)13-14-17(20)24-2/h15H,3-14H2,1-2H3. The van der Waals surface area contributed by atoms with Crippen molar-refractivity contribution in [3.05, 3.63) is 10.1 Å². The summed E-state index contributed by atoms with van der Waals surface area (Å²) in [6.45, 7) is 0. The van der Waals surface area contributed by atoms with Crippen LogP contribution in [0.4, 0.5) is 0 Å². The number of hydrogen-bond donors (Lipinski definition) is 0. The van der Waals surface area contributed by atoms with Gasteiger partial charge in [-0.15, -0.1) is 0 Å². The van der Waals surface area contributed by atoms with E-state index >= 15 is 0 Å². The lowest BCUT2D eigenvalue weighted by atomic mass is 10.0. The van der Waals surface area contributed by atoms with E-state index in [-0.39, 0.29) is 23.7 Å². The zero-order chi connectivity index (χ0) is 18.2.